The molecule has 51 heavy (non-hydrogen) atoms. The molecule has 0 spiro atoms. The van der Waals surface area contributed by atoms with E-state index >= 15 is 0 Å². The van der Waals surface area contributed by atoms with E-state index in [9.17, 15) is 0 Å². The van der Waals surface area contributed by atoms with Crippen LogP contribution in [0.15, 0.2) is 91.0 Å². The molecule has 1 heterocycles. The van der Waals surface area contributed by atoms with E-state index in [1.165, 1.54) is 117 Å². The van der Waals surface area contributed by atoms with Gasteiger partial charge in [-0.25, -0.2) is 0 Å². The molecular weight excluding hydrogens is 612 g/mol. The van der Waals surface area contributed by atoms with Gasteiger partial charge in [0.1, 0.15) is 0 Å². The molecule has 0 atom stereocenters. The molecule has 0 fully saturated rings. The van der Waals surface area contributed by atoms with Crippen molar-refractivity contribution in [1.82, 2.24) is 0 Å². The quantitative estimate of drug-likeness (QED) is 0.168. The van der Waals surface area contributed by atoms with E-state index in [1.807, 2.05) is 0 Å². The van der Waals surface area contributed by atoms with Crippen LogP contribution in [0.1, 0.15) is 66.8 Å². The maximum atomic E-state index is 2.58. The van der Waals surface area contributed by atoms with Crippen LogP contribution in [0.5, 0.6) is 0 Å². The third-order valence-corrected chi connectivity index (χ3v) is 12.7. The van der Waals surface area contributed by atoms with E-state index in [0.717, 1.165) is 0 Å². The maximum absolute atomic E-state index is 2.58. The van der Waals surface area contributed by atoms with E-state index in [4.69, 9.17) is 0 Å². The topological polar surface area (TPSA) is 3.24 Å². The minimum Gasteiger partial charge on any atom is -0.311 e. The Morgan fingerprint density at radius 1 is 0.392 bits per heavy atom. The van der Waals surface area contributed by atoms with Crippen molar-refractivity contribution in [2.24, 2.45) is 0 Å². The second-order valence-electron chi connectivity index (χ2n) is 15.3. The minimum absolute atomic E-state index is 0.122. The lowest BCUT2D eigenvalue weighted by molar-refractivity contribution is 1.18. The lowest BCUT2D eigenvalue weighted by atomic mass is 9.32. The van der Waals surface area contributed by atoms with Crippen LogP contribution in [0.2, 0.25) is 0 Å². The van der Waals surface area contributed by atoms with Gasteiger partial charge in [0.15, 0.2) is 0 Å². The van der Waals surface area contributed by atoms with Crippen LogP contribution in [-0.2, 0) is 0 Å². The molecule has 3 heteroatoms. The smallest absolute Gasteiger partial charge is 0.246 e. The normalized spacial score (nSPS) is 12.2. The number of nitrogens with zero attached hydrogens (tertiary/aromatic N) is 1. The number of anilines is 3. The summed E-state index contributed by atoms with van der Waals surface area (Å²) in [5.41, 5.74) is 28.8. The van der Waals surface area contributed by atoms with Gasteiger partial charge >= 0.3 is 0 Å². The Morgan fingerprint density at radius 2 is 0.745 bits per heavy atom. The maximum Gasteiger partial charge on any atom is 0.246 e. The van der Waals surface area contributed by atoms with Crippen LogP contribution in [-0.4, -0.2) is 13.4 Å². The fourth-order valence-electron chi connectivity index (χ4n) is 9.30. The Bertz CT molecular complexity index is 2160. The summed E-state index contributed by atoms with van der Waals surface area (Å²) in [6.45, 7) is 28.4. The van der Waals surface area contributed by atoms with E-state index < -0.39 is 0 Å². The number of hydrogen-bond donors (Lipinski definition) is 0. The third-order valence-electron chi connectivity index (χ3n) is 12.7. The number of aryl methyl sites for hydroxylation is 4. The first-order valence-electron chi connectivity index (χ1n) is 18.6. The number of fused-ring (bicyclic) bond motifs is 2. The molecule has 0 amide bonds. The van der Waals surface area contributed by atoms with Crippen molar-refractivity contribution in [3.63, 3.8) is 0 Å². The van der Waals surface area contributed by atoms with Gasteiger partial charge in [-0.3, -0.25) is 0 Å². The summed E-state index contributed by atoms with van der Waals surface area (Å²) in [5.74, 6) is 0. The van der Waals surface area contributed by atoms with Gasteiger partial charge in [0.2, 0.25) is 13.4 Å². The average Bonchev–Trinajstić information content (AvgIpc) is 3.12. The summed E-state index contributed by atoms with van der Waals surface area (Å²) in [4.78, 5) is 2.58. The SMILES string of the molecule is Cc1cc(C)c(C)c(B(c2c(C)c(C)cc(C)c2C)c2c(C)c(C)c(N3c4ccccc4B(c4ccccc4)c4ccccc43)c(C)c2C)c1C. The summed E-state index contributed by atoms with van der Waals surface area (Å²) in [7, 11) is 0. The van der Waals surface area contributed by atoms with Crippen LogP contribution >= 0.6 is 0 Å². The van der Waals surface area contributed by atoms with Gasteiger partial charge < -0.3 is 4.90 Å². The molecule has 0 unspecified atom stereocenters. The van der Waals surface area contributed by atoms with Crippen molar-refractivity contribution in [1.29, 1.82) is 0 Å². The van der Waals surface area contributed by atoms with E-state index in [1.54, 1.807) is 0 Å². The van der Waals surface area contributed by atoms with Crippen molar-refractivity contribution in [3.8, 4) is 0 Å². The Labute approximate surface area is 307 Å². The summed E-state index contributed by atoms with van der Waals surface area (Å²) in [6, 6.07) is 33.9. The summed E-state index contributed by atoms with van der Waals surface area (Å²) in [5, 5.41) is 0. The van der Waals surface area contributed by atoms with Gasteiger partial charge in [0.25, 0.3) is 0 Å². The van der Waals surface area contributed by atoms with Crippen LogP contribution in [0.4, 0.5) is 17.1 Å². The molecule has 0 bridgehead atoms. The second kappa shape index (κ2) is 13.1. The highest BCUT2D eigenvalue weighted by molar-refractivity contribution is 6.98. The van der Waals surface area contributed by atoms with E-state index in [0.29, 0.717) is 0 Å². The number of benzene rings is 6. The van der Waals surface area contributed by atoms with Crippen LogP contribution in [0.3, 0.4) is 0 Å². The Kier molecular flexibility index (Phi) is 8.91. The Balaban J connectivity index is 1.55. The molecule has 0 aromatic heterocycles. The fourth-order valence-corrected chi connectivity index (χ4v) is 9.30. The molecule has 6 aromatic rings. The van der Waals surface area contributed by atoms with Crippen LogP contribution in [0.25, 0.3) is 0 Å². The summed E-state index contributed by atoms with van der Waals surface area (Å²) < 4.78 is 0. The van der Waals surface area contributed by atoms with Crippen molar-refractivity contribution < 1.29 is 0 Å². The van der Waals surface area contributed by atoms with Crippen molar-refractivity contribution in [3.05, 3.63) is 158 Å². The molecule has 0 saturated heterocycles. The van der Waals surface area contributed by atoms with Gasteiger partial charge in [-0.1, -0.05) is 134 Å². The largest absolute Gasteiger partial charge is 0.311 e. The van der Waals surface area contributed by atoms with Crippen molar-refractivity contribution in [2.75, 3.05) is 4.90 Å². The van der Waals surface area contributed by atoms with E-state index in [2.05, 4.69) is 179 Å². The Morgan fingerprint density at radius 3 is 1.16 bits per heavy atom. The first-order valence-corrected chi connectivity index (χ1v) is 18.6. The highest BCUT2D eigenvalue weighted by Gasteiger charge is 2.38. The first-order chi connectivity index (χ1) is 24.3. The van der Waals surface area contributed by atoms with Gasteiger partial charge in [0, 0.05) is 11.4 Å². The molecule has 0 aliphatic carbocycles. The predicted molar refractivity (Wildman–Crippen MR) is 227 cm³/mol. The monoisotopic (exact) mass is 663 g/mol. The van der Waals surface area contributed by atoms with Crippen LogP contribution in [0, 0.1) is 83.1 Å². The molecule has 1 aliphatic rings. The lowest BCUT2D eigenvalue weighted by Crippen LogP contribution is -2.58. The zero-order chi connectivity index (χ0) is 36.5. The molecule has 1 aliphatic heterocycles. The van der Waals surface area contributed by atoms with Gasteiger partial charge in [-0.05, 0) is 140 Å². The minimum atomic E-state index is 0.122. The summed E-state index contributed by atoms with van der Waals surface area (Å²) in [6.07, 6.45) is 0. The van der Waals surface area contributed by atoms with Gasteiger partial charge in [-0.2, -0.15) is 0 Å². The molecule has 7 rings (SSSR count). The molecule has 6 aromatic carbocycles. The van der Waals surface area contributed by atoms with Crippen molar-refractivity contribution in [2.45, 2.75) is 83.1 Å². The highest BCUT2D eigenvalue weighted by Crippen LogP contribution is 2.41. The molecule has 0 radical (unpaired) electrons. The van der Waals surface area contributed by atoms with Gasteiger partial charge in [-0.15, -0.1) is 0 Å². The van der Waals surface area contributed by atoms with E-state index in [-0.39, 0.29) is 13.4 Å². The number of para-hydroxylation sites is 2. The zero-order valence-electron chi connectivity index (χ0n) is 32.8. The molecule has 254 valence electrons. The van der Waals surface area contributed by atoms with Crippen molar-refractivity contribution >= 4 is 63.3 Å². The molecule has 0 saturated carbocycles. The zero-order valence-corrected chi connectivity index (χ0v) is 32.8. The lowest BCUT2D eigenvalue weighted by Gasteiger charge is -2.40. The molecular formula is C48H51B2N. The Hall–Kier alpha value is -4.75. The molecule has 0 N–H and O–H groups in total. The van der Waals surface area contributed by atoms with Crippen LogP contribution < -0.4 is 37.7 Å². The fraction of sp³-hybridized carbons (Fsp3) is 0.250. The average molecular weight is 664 g/mol. The highest BCUT2D eigenvalue weighted by atomic mass is 15.2. The molecule has 1 nitrogen and oxygen atoms in total. The van der Waals surface area contributed by atoms with Gasteiger partial charge in [0.05, 0.1) is 5.69 Å². The number of hydrogen-bond acceptors (Lipinski definition) is 1. The standard InChI is InChI=1S/C48H51B2N/c1-28-26-29(2)33(6)45(32(28)5)50(46-34(7)30(3)27-31(4)35(46)8)47-36(9)38(11)48(39(12)37(47)10)51-43-24-18-16-22-41(43)49(40-20-14-13-15-21-40)42-23-17-19-25-44(42)51/h13-27H,1-12H3. The summed E-state index contributed by atoms with van der Waals surface area (Å²) >= 11 is 0. The first kappa shape index (κ1) is 34.7. The second-order valence-corrected chi connectivity index (χ2v) is 15.3. The third kappa shape index (κ3) is 5.40. The number of rotatable bonds is 5. The predicted octanol–water partition coefficient (Wildman–Crippen LogP) is 8.20.